The molecule has 0 saturated heterocycles. The maximum Gasteiger partial charge on any atom is 0.269 e. The highest BCUT2D eigenvalue weighted by molar-refractivity contribution is 5.95. The number of hydrogen-bond acceptors (Lipinski definition) is 7. The number of nitrogens with zero attached hydrogens (tertiary/aromatic N) is 3. The Labute approximate surface area is 186 Å². The van der Waals surface area contributed by atoms with Gasteiger partial charge in [0, 0.05) is 36.4 Å². The molecular weight excluding hydrogens is 410 g/mol. The van der Waals surface area contributed by atoms with Crippen LogP contribution in [-0.4, -0.2) is 33.5 Å². The molecule has 0 bridgehead atoms. The molecule has 3 rings (SSSR count). The van der Waals surface area contributed by atoms with Crippen LogP contribution >= 0.6 is 0 Å². The van der Waals surface area contributed by atoms with E-state index < -0.39 is 5.91 Å². The molecule has 0 saturated carbocycles. The minimum Gasteiger partial charge on any atom is -0.494 e. The molecule has 0 aliphatic heterocycles. The van der Waals surface area contributed by atoms with Crippen LogP contribution in [0, 0.1) is 0 Å². The van der Waals surface area contributed by atoms with Gasteiger partial charge < -0.3 is 9.26 Å². The number of benzene rings is 1. The quantitative estimate of drug-likeness (QED) is 0.348. The fraction of sp³-hybridized carbons (Fsp3) is 0.348. The molecule has 32 heavy (non-hydrogen) atoms. The van der Waals surface area contributed by atoms with E-state index in [4.69, 9.17) is 9.26 Å². The second kappa shape index (κ2) is 12.2. The van der Waals surface area contributed by atoms with Gasteiger partial charge >= 0.3 is 0 Å². The largest absolute Gasteiger partial charge is 0.494 e. The van der Waals surface area contributed by atoms with Crippen molar-refractivity contribution in [3.05, 3.63) is 60.2 Å². The zero-order valence-corrected chi connectivity index (χ0v) is 18.0. The van der Waals surface area contributed by atoms with Gasteiger partial charge in [0.1, 0.15) is 5.75 Å². The Morgan fingerprint density at radius 3 is 2.53 bits per heavy atom. The molecule has 1 aromatic carbocycles. The first-order chi connectivity index (χ1) is 15.7. The maximum atomic E-state index is 12.2. The maximum absolute atomic E-state index is 12.2. The van der Waals surface area contributed by atoms with Crippen molar-refractivity contribution < 1.29 is 18.8 Å². The lowest BCUT2D eigenvalue weighted by Gasteiger charge is -2.08. The monoisotopic (exact) mass is 437 g/mol. The highest BCUT2D eigenvalue weighted by atomic mass is 16.5. The van der Waals surface area contributed by atoms with Crippen LogP contribution in [0.25, 0.3) is 11.4 Å². The van der Waals surface area contributed by atoms with Gasteiger partial charge in [-0.05, 0) is 42.8 Å². The minimum absolute atomic E-state index is 0.0864. The summed E-state index contributed by atoms with van der Waals surface area (Å²) in [6.07, 6.45) is 8.16. The summed E-state index contributed by atoms with van der Waals surface area (Å²) in [6, 6.07) is 10.3. The molecule has 0 fully saturated rings. The van der Waals surface area contributed by atoms with Gasteiger partial charge in [0.15, 0.2) is 0 Å². The number of carbonyl (C=O) groups excluding carboxylic acids is 2. The minimum atomic E-state index is -0.411. The Morgan fingerprint density at radius 1 is 1.00 bits per heavy atom. The molecule has 3 aromatic rings. The number of ether oxygens (including phenoxy) is 1. The van der Waals surface area contributed by atoms with Crippen LogP contribution in [0.15, 0.2) is 53.3 Å². The Morgan fingerprint density at radius 2 is 1.78 bits per heavy atom. The number of hydrogen-bond donors (Lipinski definition) is 2. The fourth-order valence-corrected chi connectivity index (χ4v) is 2.88. The lowest BCUT2D eigenvalue weighted by molar-refractivity contribution is -0.121. The van der Waals surface area contributed by atoms with Crippen LogP contribution in [-0.2, 0) is 11.2 Å². The van der Waals surface area contributed by atoms with Crippen LogP contribution in [0.3, 0.4) is 0 Å². The van der Waals surface area contributed by atoms with E-state index in [0.29, 0.717) is 29.6 Å². The van der Waals surface area contributed by atoms with Crippen molar-refractivity contribution in [2.75, 3.05) is 6.61 Å². The van der Waals surface area contributed by atoms with Gasteiger partial charge in [-0.2, -0.15) is 4.98 Å². The number of unbranched alkanes of at least 4 members (excludes halogenated alkanes) is 3. The molecule has 0 unspecified atom stereocenters. The number of carbonyl (C=O) groups is 2. The summed E-state index contributed by atoms with van der Waals surface area (Å²) in [4.78, 5) is 32.4. The van der Waals surface area contributed by atoms with Crippen LogP contribution < -0.4 is 15.6 Å². The Bertz CT molecular complexity index is 989. The molecule has 2 amide bonds. The average Bonchev–Trinajstić information content (AvgIpc) is 3.31. The first-order valence-electron chi connectivity index (χ1n) is 10.7. The Hall–Kier alpha value is -3.75. The molecule has 9 nitrogen and oxygen atoms in total. The average molecular weight is 438 g/mol. The first kappa shape index (κ1) is 22.9. The van der Waals surface area contributed by atoms with Crippen molar-refractivity contribution in [1.29, 1.82) is 0 Å². The third-order valence-corrected chi connectivity index (χ3v) is 4.67. The second-order valence-electron chi connectivity index (χ2n) is 7.18. The van der Waals surface area contributed by atoms with E-state index in [1.807, 2.05) is 0 Å². The van der Waals surface area contributed by atoms with Gasteiger partial charge in [-0.1, -0.05) is 31.3 Å². The number of aryl methyl sites for hydroxylation is 1. The molecule has 9 heteroatoms. The fourth-order valence-electron chi connectivity index (χ4n) is 2.88. The SMILES string of the molecule is CCCCCCOc1ccc(C(=O)NNC(=O)CCc2nc(-c3ccncc3)no2)cc1. The smallest absolute Gasteiger partial charge is 0.269 e. The van der Waals surface area contributed by atoms with Crippen LogP contribution in [0.2, 0.25) is 0 Å². The molecule has 2 aromatic heterocycles. The van der Waals surface area contributed by atoms with Crippen molar-refractivity contribution in [3.8, 4) is 17.1 Å². The standard InChI is InChI=1S/C23H27N5O4/c1-2-3-4-5-16-31-19-8-6-18(7-9-19)23(30)27-26-20(29)10-11-21-25-22(28-32-21)17-12-14-24-15-13-17/h6-9,12-15H,2-5,10-11,16H2,1H3,(H,26,29)(H,27,30). The summed E-state index contributed by atoms with van der Waals surface area (Å²) in [6.45, 7) is 2.83. The van der Waals surface area contributed by atoms with Gasteiger partial charge in [0.25, 0.3) is 5.91 Å². The van der Waals surface area contributed by atoms with Crippen molar-refractivity contribution in [2.45, 2.75) is 45.4 Å². The third-order valence-electron chi connectivity index (χ3n) is 4.67. The molecule has 2 heterocycles. The van der Waals surface area contributed by atoms with E-state index >= 15 is 0 Å². The van der Waals surface area contributed by atoms with Crippen molar-refractivity contribution >= 4 is 11.8 Å². The molecule has 0 radical (unpaired) electrons. The first-order valence-corrected chi connectivity index (χ1v) is 10.7. The molecular formula is C23H27N5O4. The van der Waals surface area contributed by atoms with E-state index in [-0.39, 0.29) is 18.7 Å². The molecule has 0 aliphatic rings. The van der Waals surface area contributed by atoms with Crippen LogP contribution in [0.5, 0.6) is 5.75 Å². The molecule has 0 spiro atoms. The van der Waals surface area contributed by atoms with Crippen LogP contribution in [0.1, 0.15) is 55.3 Å². The van der Waals surface area contributed by atoms with Gasteiger partial charge in [-0.15, -0.1) is 0 Å². The van der Waals surface area contributed by atoms with Crippen molar-refractivity contribution in [1.82, 2.24) is 26.0 Å². The summed E-state index contributed by atoms with van der Waals surface area (Å²) in [5.41, 5.74) is 5.99. The molecule has 2 N–H and O–H groups in total. The van der Waals surface area contributed by atoms with Crippen molar-refractivity contribution in [3.63, 3.8) is 0 Å². The topological polar surface area (TPSA) is 119 Å². The van der Waals surface area contributed by atoms with E-state index in [1.165, 1.54) is 12.8 Å². The summed E-state index contributed by atoms with van der Waals surface area (Å²) in [7, 11) is 0. The number of nitrogens with one attached hydrogen (secondary N) is 2. The summed E-state index contributed by atoms with van der Waals surface area (Å²) < 4.78 is 10.8. The lowest BCUT2D eigenvalue weighted by Crippen LogP contribution is -2.41. The van der Waals surface area contributed by atoms with Crippen LogP contribution in [0.4, 0.5) is 0 Å². The zero-order chi connectivity index (χ0) is 22.6. The lowest BCUT2D eigenvalue weighted by atomic mass is 10.2. The highest BCUT2D eigenvalue weighted by Crippen LogP contribution is 2.15. The number of aromatic nitrogens is 3. The van der Waals surface area contributed by atoms with Gasteiger partial charge in [-0.3, -0.25) is 25.4 Å². The normalized spacial score (nSPS) is 10.5. The summed E-state index contributed by atoms with van der Waals surface area (Å²) in [5.74, 6) is 0.709. The predicted molar refractivity (Wildman–Crippen MR) is 118 cm³/mol. The van der Waals surface area contributed by atoms with Gasteiger partial charge in [0.05, 0.1) is 6.61 Å². The summed E-state index contributed by atoms with van der Waals surface area (Å²) >= 11 is 0. The Kier molecular flexibility index (Phi) is 8.73. The second-order valence-corrected chi connectivity index (χ2v) is 7.18. The number of amides is 2. The van der Waals surface area contributed by atoms with E-state index in [1.54, 1.807) is 48.8 Å². The zero-order valence-electron chi connectivity index (χ0n) is 18.0. The Balaban J connectivity index is 1.37. The van der Waals surface area contributed by atoms with E-state index in [9.17, 15) is 9.59 Å². The van der Waals surface area contributed by atoms with Gasteiger partial charge in [-0.25, -0.2) is 0 Å². The predicted octanol–water partition coefficient (Wildman–Crippen LogP) is 3.48. The number of pyridine rings is 1. The number of hydrazine groups is 1. The van der Waals surface area contributed by atoms with E-state index in [2.05, 4.69) is 32.9 Å². The molecule has 0 aliphatic carbocycles. The van der Waals surface area contributed by atoms with E-state index in [0.717, 1.165) is 18.4 Å². The summed E-state index contributed by atoms with van der Waals surface area (Å²) in [5, 5.41) is 3.89. The molecule has 0 atom stereocenters. The molecule has 168 valence electrons. The highest BCUT2D eigenvalue weighted by Gasteiger charge is 2.12. The van der Waals surface area contributed by atoms with Crippen molar-refractivity contribution in [2.24, 2.45) is 0 Å². The van der Waals surface area contributed by atoms with Gasteiger partial charge in [0.2, 0.25) is 17.6 Å². The number of rotatable bonds is 11. The third kappa shape index (κ3) is 7.19.